The number of imidazole rings is 1. The lowest BCUT2D eigenvalue weighted by Gasteiger charge is -2.41. The molecule has 0 atom stereocenters. The molecule has 1 aliphatic heterocycles. The van der Waals surface area contributed by atoms with Crippen LogP contribution in [-0.4, -0.2) is 34.1 Å². The van der Waals surface area contributed by atoms with Gasteiger partial charge in [0.1, 0.15) is 0 Å². The molecule has 1 aromatic heterocycles. The third-order valence-corrected chi connectivity index (χ3v) is 6.46. The van der Waals surface area contributed by atoms with Crippen molar-refractivity contribution in [3.63, 3.8) is 0 Å². The standard InChI is InChI=1S/C19H25N3O/c23-18-20-16-3-1-2-4-17(16)22(18)15-5-9-21(10-6-15)13-14-11-19(12-14)7-8-19/h1-4,14-15H,5-13H2,(H,20,23). The Morgan fingerprint density at radius 3 is 2.61 bits per heavy atom. The van der Waals surface area contributed by atoms with Crippen LogP contribution in [0.1, 0.15) is 44.6 Å². The first-order valence-corrected chi connectivity index (χ1v) is 9.14. The van der Waals surface area contributed by atoms with E-state index in [-0.39, 0.29) is 5.69 Å². The van der Waals surface area contributed by atoms with E-state index < -0.39 is 0 Å². The summed E-state index contributed by atoms with van der Waals surface area (Å²) in [6, 6.07) is 8.41. The summed E-state index contributed by atoms with van der Waals surface area (Å²) in [6.07, 6.45) is 8.15. The van der Waals surface area contributed by atoms with Crippen LogP contribution in [0, 0.1) is 11.3 Å². The van der Waals surface area contributed by atoms with Crippen LogP contribution in [0.15, 0.2) is 29.1 Å². The van der Waals surface area contributed by atoms with E-state index in [4.69, 9.17) is 0 Å². The van der Waals surface area contributed by atoms with Crippen LogP contribution in [0.3, 0.4) is 0 Å². The van der Waals surface area contributed by atoms with Gasteiger partial charge in [-0.1, -0.05) is 12.1 Å². The summed E-state index contributed by atoms with van der Waals surface area (Å²) >= 11 is 0. The van der Waals surface area contributed by atoms with Crippen molar-refractivity contribution in [2.24, 2.45) is 11.3 Å². The number of likely N-dealkylation sites (tertiary alicyclic amines) is 1. The Bertz CT molecular complexity index is 769. The zero-order valence-electron chi connectivity index (χ0n) is 13.6. The van der Waals surface area contributed by atoms with Crippen LogP contribution >= 0.6 is 0 Å². The SMILES string of the molecule is O=c1[nH]c2ccccc2n1C1CCN(CC2CC3(CC3)C2)CC1. The van der Waals surface area contributed by atoms with Gasteiger partial charge in [-0.2, -0.15) is 0 Å². The Hall–Kier alpha value is -1.55. The average molecular weight is 311 g/mol. The van der Waals surface area contributed by atoms with E-state index in [1.54, 1.807) is 0 Å². The molecule has 1 aromatic carbocycles. The second kappa shape index (κ2) is 4.97. The highest BCUT2D eigenvalue weighted by Gasteiger charge is 2.52. The van der Waals surface area contributed by atoms with Gasteiger partial charge in [0.15, 0.2) is 0 Å². The molecule has 23 heavy (non-hydrogen) atoms. The van der Waals surface area contributed by atoms with E-state index >= 15 is 0 Å². The van der Waals surface area contributed by atoms with Crippen LogP contribution < -0.4 is 5.69 Å². The van der Waals surface area contributed by atoms with E-state index in [0.717, 1.165) is 48.3 Å². The lowest BCUT2D eigenvalue weighted by molar-refractivity contribution is 0.0880. The number of fused-ring (bicyclic) bond motifs is 1. The van der Waals surface area contributed by atoms with Crippen molar-refractivity contribution in [1.82, 2.24) is 14.5 Å². The number of benzene rings is 1. The number of para-hydroxylation sites is 2. The first kappa shape index (κ1) is 13.8. The van der Waals surface area contributed by atoms with Gasteiger partial charge >= 0.3 is 5.69 Å². The fourth-order valence-electron chi connectivity index (χ4n) is 5.04. The molecule has 1 N–H and O–H groups in total. The Kier molecular flexibility index (Phi) is 2.99. The van der Waals surface area contributed by atoms with Crippen molar-refractivity contribution in [3.8, 4) is 0 Å². The number of hydrogen-bond acceptors (Lipinski definition) is 2. The lowest BCUT2D eigenvalue weighted by Crippen LogP contribution is -2.42. The molecule has 1 spiro atoms. The van der Waals surface area contributed by atoms with Crippen LogP contribution in [0.5, 0.6) is 0 Å². The zero-order valence-corrected chi connectivity index (χ0v) is 13.6. The summed E-state index contributed by atoms with van der Waals surface area (Å²) in [5, 5.41) is 0. The predicted molar refractivity (Wildman–Crippen MR) is 91.7 cm³/mol. The van der Waals surface area contributed by atoms with Gasteiger partial charge in [0.25, 0.3) is 0 Å². The molecule has 1 saturated heterocycles. The molecule has 0 bridgehead atoms. The maximum absolute atomic E-state index is 12.3. The van der Waals surface area contributed by atoms with E-state index in [2.05, 4.69) is 16.0 Å². The van der Waals surface area contributed by atoms with E-state index in [1.165, 1.54) is 32.2 Å². The number of hydrogen-bond donors (Lipinski definition) is 1. The number of aromatic amines is 1. The summed E-state index contributed by atoms with van der Waals surface area (Å²) in [4.78, 5) is 18.0. The number of aromatic nitrogens is 2. The second-order valence-electron chi connectivity index (χ2n) is 8.12. The van der Waals surface area contributed by atoms with Gasteiger partial charge in [0, 0.05) is 25.7 Å². The van der Waals surface area contributed by atoms with Crippen molar-refractivity contribution in [1.29, 1.82) is 0 Å². The first-order valence-electron chi connectivity index (χ1n) is 9.14. The molecule has 0 amide bonds. The molecule has 3 fully saturated rings. The van der Waals surface area contributed by atoms with Gasteiger partial charge in [0.05, 0.1) is 11.0 Å². The predicted octanol–water partition coefficient (Wildman–Crippen LogP) is 3.16. The van der Waals surface area contributed by atoms with Crippen molar-refractivity contribution < 1.29 is 0 Å². The number of nitrogens with zero attached hydrogens (tertiary/aromatic N) is 2. The monoisotopic (exact) mass is 311 g/mol. The molecule has 0 unspecified atom stereocenters. The largest absolute Gasteiger partial charge is 0.326 e. The Labute approximate surface area is 136 Å². The van der Waals surface area contributed by atoms with Crippen molar-refractivity contribution in [3.05, 3.63) is 34.7 Å². The average Bonchev–Trinajstić information content (AvgIpc) is 3.24. The maximum Gasteiger partial charge on any atom is 0.326 e. The minimum Gasteiger partial charge on any atom is -0.306 e. The summed E-state index contributed by atoms with van der Waals surface area (Å²) < 4.78 is 2.00. The number of piperidine rings is 1. The van der Waals surface area contributed by atoms with Crippen LogP contribution in [0.4, 0.5) is 0 Å². The van der Waals surface area contributed by atoms with Gasteiger partial charge in [-0.15, -0.1) is 0 Å². The number of rotatable bonds is 3. The Morgan fingerprint density at radius 1 is 1.13 bits per heavy atom. The van der Waals surface area contributed by atoms with E-state index in [1.807, 2.05) is 22.8 Å². The Balaban J connectivity index is 1.25. The molecule has 2 aromatic rings. The summed E-state index contributed by atoms with van der Waals surface area (Å²) in [5.74, 6) is 0.949. The molecule has 4 nitrogen and oxygen atoms in total. The Morgan fingerprint density at radius 2 is 1.87 bits per heavy atom. The summed E-state index contributed by atoms with van der Waals surface area (Å²) in [7, 11) is 0. The number of nitrogens with one attached hydrogen (secondary N) is 1. The lowest BCUT2D eigenvalue weighted by atomic mass is 9.71. The molecule has 122 valence electrons. The highest BCUT2D eigenvalue weighted by atomic mass is 16.1. The third kappa shape index (κ3) is 2.35. The highest BCUT2D eigenvalue weighted by molar-refractivity contribution is 5.75. The van der Waals surface area contributed by atoms with Gasteiger partial charge < -0.3 is 9.88 Å². The van der Waals surface area contributed by atoms with Gasteiger partial charge in [0.2, 0.25) is 0 Å². The minimum absolute atomic E-state index is 0.0549. The fraction of sp³-hybridized carbons (Fsp3) is 0.632. The highest BCUT2D eigenvalue weighted by Crippen LogP contribution is 2.63. The molecule has 4 heteroatoms. The molecular weight excluding hydrogens is 286 g/mol. The molecule has 2 aliphatic carbocycles. The zero-order chi connectivity index (χ0) is 15.4. The van der Waals surface area contributed by atoms with E-state index in [0.29, 0.717) is 6.04 Å². The molecule has 0 radical (unpaired) electrons. The number of H-pyrrole nitrogens is 1. The topological polar surface area (TPSA) is 41.0 Å². The van der Waals surface area contributed by atoms with Crippen LogP contribution in [0.2, 0.25) is 0 Å². The van der Waals surface area contributed by atoms with Gasteiger partial charge in [-0.3, -0.25) is 4.57 Å². The maximum atomic E-state index is 12.3. The summed E-state index contributed by atoms with van der Waals surface area (Å²) in [6.45, 7) is 3.57. The summed E-state index contributed by atoms with van der Waals surface area (Å²) in [5.41, 5.74) is 2.90. The molecule has 2 heterocycles. The fourth-order valence-corrected chi connectivity index (χ4v) is 5.04. The van der Waals surface area contributed by atoms with Gasteiger partial charge in [-0.05, 0) is 62.0 Å². The second-order valence-corrected chi connectivity index (χ2v) is 8.12. The van der Waals surface area contributed by atoms with Crippen molar-refractivity contribution in [2.75, 3.05) is 19.6 Å². The molecule has 2 saturated carbocycles. The first-order chi connectivity index (χ1) is 11.2. The normalized spacial score (nSPS) is 25.0. The van der Waals surface area contributed by atoms with Crippen LogP contribution in [0.25, 0.3) is 11.0 Å². The third-order valence-electron chi connectivity index (χ3n) is 6.46. The molecular formula is C19H25N3O. The minimum atomic E-state index is 0.0549. The molecule has 3 aliphatic rings. The molecule has 5 rings (SSSR count). The van der Waals surface area contributed by atoms with E-state index in [9.17, 15) is 4.79 Å². The van der Waals surface area contributed by atoms with Gasteiger partial charge in [-0.25, -0.2) is 4.79 Å². The van der Waals surface area contributed by atoms with Crippen molar-refractivity contribution in [2.45, 2.75) is 44.6 Å². The van der Waals surface area contributed by atoms with Crippen LogP contribution in [-0.2, 0) is 0 Å². The quantitative estimate of drug-likeness (QED) is 0.946. The smallest absolute Gasteiger partial charge is 0.306 e. The van der Waals surface area contributed by atoms with Crippen molar-refractivity contribution >= 4 is 11.0 Å².